The van der Waals surface area contributed by atoms with Crippen LogP contribution in [0.5, 0.6) is 0 Å². The minimum absolute atomic E-state index is 0.106. The maximum absolute atomic E-state index is 13.1. The number of nitriles is 1. The van der Waals surface area contributed by atoms with Crippen LogP contribution in [0.3, 0.4) is 0 Å². The van der Waals surface area contributed by atoms with Crippen LogP contribution in [0.2, 0.25) is 0 Å². The van der Waals surface area contributed by atoms with Gasteiger partial charge in [-0.2, -0.15) is 31.6 Å². The van der Waals surface area contributed by atoms with Gasteiger partial charge < -0.3 is 30.3 Å². The number of halogens is 6. The van der Waals surface area contributed by atoms with Gasteiger partial charge in [0.15, 0.2) is 0 Å². The molecule has 0 bridgehead atoms. The molecule has 0 saturated carbocycles. The van der Waals surface area contributed by atoms with E-state index in [0.717, 1.165) is 12.1 Å². The van der Waals surface area contributed by atoms with Crippen LogP contribution in [0.25, 0.3) is 0 Å². The molecule has 0 aromatic heterocycles. The standard InChI is InChI=1S/C23H21F6NO6/c24-22(25,26)21(35,23(27,28)29)15-5-1-11(2-6-15)7-14-8-12(3-4-13(14)9-30)20-19(34)18(33)17(32)16(10-31)36-20/h1-6,8,16-20,31-35H,7,10H2/t16-,17?,18?,19?,20+/m1/s1. The average Bonchev–Trinajstić information content (AvgIpc) is 2.81. The third kappa shape index (κ3) is 4.93. The normalized spacial score (nSPS) is 25.4. The molecule has 5 N–H and O–H groups in total. The van der Waals surface area contributed by atoms with Crippen LogP contribution in [0.1, 0.15) is 33.9 Å². The number of hydrogen-bond acceptors (Lipinski definition) is 7. The van der Waals surface area contributed by atoms with Gasteiger partial charge in [0.05, 0.1) is 18.2 Å². The van der Waals surface area contributed by atoms with Gasteiger partial charge in [-0.1, -0.05) is 36.4 Å². The van der Waals surface area contributed by atoms with Crippen molar-refractivity contribution in [2.75, 3.05) is 6.61 Å². The molecule has 1 heterocycles. The Morgan fingerprint density at radius 2 is 1.44 bits per heavy atom. The van der Waals surface area contributed by atoms with Crippen molar-refractivity contribution in [1.29, 1.82) is 5.26 Å². The molecule has 0 amide bonds. The minimum atomic E-state index is -6.03. The van der Waals surface area contributed by atoms with Crippen molar-refractivity contribution >= 4 is 0 Å². The first kappa shape index (κ1) is 27.9. The van der Waals surface area contributed by atoms with Crippen molar-refractivity contribution in [3.8, 4) is 6.07 Å². The monoisotopic (exact) mass is 521 g/mol. The lowest BCUT2D eigenvalue weighted by Crippen LogP contribution is -2.55. The van der Waals surface area contributed by atoms with E-state index in [1.165, 1.54) is 18.2 Å². The van der Waals surface area contributed by atoms with Crippen LogP contribution in [0.15, 0.2) is 42.5 Å². The van der Waals surface area contributed by atoms with Crippen molar-refractivity contribution in [2.24, 2.45) is 0 Å². The van der Waals surface area contributed by atoms with Gasteiger partial charge in [0.25, 0.3) is 5.60 Å². The first-order valence-corrected chi connectivity index (χ1v) is 10.4. The lowest BCUT2D eigenvalue weighted by molar-refractivity contribution is -0.376. The van der Waals surface area contributed by atoms with E-state index in [9.17, 15) is 57.1 Å². The number of nitrogens with zero attached hydrogens (tertiary/aromatic N) is 1. The summed E-state index contributed by atoms with van der Waals surface area (Å²) in [6, 6.07) is 8.89. The number of aliphatic hydroxyl groups excluding tert-OH is 4. The maximum Gasteiger partial charge on any atom is 0.430 e. The van der Waals surface area contributed by atoms with Crippen molar-refractivity contribution in [3.63, 3.8) is 0 Å². The number of benzene rings is 2. The molecular weight excluding hydrogens is 500 g/mol. The molecule has 3 rings (SSSR count). The van der Waals surface area contributed by atoms with E-state index in [4.69, 9.17) is 4.74 Å². The van der Waals surface area contributed by atoms with E-state index >= 15 is 0 Å². The Labute approximate surface area is 200 Å². The average molecular weight is 521 g/mol. The van der Waals surface area contributed by atoms with E-state index in [1.54, 1.807) is 0 Å². The van der Waals surface area contributed by atoms with Gasteiger partial charge in [0.2, 0.25) is 0 Å². The van der Waals surface area contributed by atoms with Gasteiger partial charge in [0.1, 0.15) is 30.5 Å². The molecule has 0 radical (unpaired) electrons. The second-order valence-electron chi connectivity index (χ2n) is 8.36. The van der Waals surface area contributed by atoms with E-state index in [1.807, 2.05) is 6.07 Å². The van der Waals surface area contributed by atoms with E-state index in [2.05, 4.69) is 0 Å². The SMILES string of the molecule is N#Cc1ccc([C@@H]2O[C@H](CO)C(O)C(O)C2O)cc1Cc1ccc(C(O)(C(F)(F)F)C(F)(F)F)cc1. The number of hydrogen-bond donors (Lipinski definition) is 5. The molecule has 1 aliphatic rings. The Morgan fingerprint density at radius 1 is 0.861 bits per heavy atom. The summed E-state index contributed by atoms with van der Waals surface area (Å²) in [6.07, 6.45) is -19.5. The van der Waals surface area contributed by atoms with Crippen molar-refractivity contribution in [2.45, 2.75) is 54.9 Å². The zero-order valence-corrected chi connectivity index (χ0v) is 18.2. The topological polar surface area (TPSA) is 134 Å². The van der Waals surface area contributed by atoms with Gasteiger partial charge in [0, 0.05) is 5.56 Å². The molecule has 196 valence electrons. The highest BCUT2D eigenvalue weighted by Gasteiger charge is 2.71. The highest BCUT2D eigenvalue weighted by Crippen LogP contribution is 2.50. The van der Waals surface area contributed by atoms with E-state index in [0.29, 0.717) is 12.1 Å². The summed E-state index contributed by atoms with van der Waals surface area (Å²) in [6.45, 7) is -0.668. The van der Waals surface area contributed by atoms with Gasteiger partial charge in [-0.25, -0.2) is 0 Å². The largest absolute Gasteiger partial charge is 0.430 e. The van der Waals surface area contributed by atoms with Crippen LogP contribution in [0, 0.1) is 11.3 Å². The summed E-state index contributed by atoms with van der Waals surface area (Å²) in [4.78, 5) is 0. The fourth-order valence-corrected chi connectivity index (χ4v) is 3.99. The highest BCUT2D eigenvalue weighted by atomic mass is 19.4. The first-order valence-electron chi connectivity index (χ1n) is 10.4. The molecule has 5 atom stereocenters. The van der Waals surface area contributed by atoms with Gasteiger partial charge in [-0.3, -0.25) is 0 Å². The molecule has 1 aliphatic heterocycles. The molecule has 13 heteroatoms. The highest BCUT2D eigenvalue weighted by molar-refractivity contribution is 5.44. The Balaban J connectivity index is 1.93. The molecular formula is C23H21F6NO6. The molecule has 1 saturated heterocycles. The quantitative estimate of drug-likeness (QED) is 0.380. The van der Waals surface area contributed by atoms with Crippen LogP contribution in [-0.4, -0.2) is 68.9 Å². The summed E-state index contributed by atoms with van der Waals surface area (Å²) in [5.74, 6) is 0. The minimum Gasteiger partial charge on any atom is -0.394 e. The predicted octanol–water partition coefficient (Wildman–Crippen LogP) is 1.98. The lowest BCUT2D eigenvalue weighted by atomic mass is 9.88. The third-order valence-corrected chi connectivity index (χ3v) is 6.06. The molecule has 1 fully saturated rings. The summed E-state index contributed by atoms with van der Waals surface area (Å²) < 4.78 is 84.1. The second-order valence-corrected chi connectivity index (χ2v) is 8.36. The fourth-order valence-electron chi connectivity index (χ4n) is 3.99. The van der Waals surface area contributed by atoms with Crippen molar-refractivity contribution < 1.29 is 56.6 Å². The Bertz CT molecular complexity index is 1100. The Hall–Kier alpha value is -2.73. The summed E-state index contributed by atoms with van der Waals surface area (Å²) >= 11 is 0. The predicted molar refractivity (Wildman–Crippen MR) is 109 cm³/mol. The van der Waals surface area contributed by atoms with Gasteiger partial charge in [-0.05, 0) is 29.2 Å². The zero-order chi connectivity index (χ0) is 27.1. The van der Waals surface area contributed by atoms with Crippen LogP contribution in [0.4, 0.5) is 26.3 Å². The number of ether oxygens (including phenoxy) is 1. The summed E-state index contributed by atoms with van der Waals surface area (Å²) in [5, 5.41) is 58.6. The first-order chi connectivity index (χ1) is 16.7. The van der Waals surface area contributed by atoms with Crippen LogP contribution < -0.4 is 0 Å². The van der Waals surface area contributed by atoms with Gasteiger partial charge >= 0.3 is 12.4 Å². The third-order valence-electron chi connectivity index (χ3n) is 6.06. The zero-order valence-electron chi connectivity index (χ0n) is 18.2. The smallest absolute Gasteiger partial charge is 0.394 e. The van der Waals surface area contributed by atoms with Crippen LogP contribution in [-0.2, 0) is 16.8 Å². The molecule has 2 aromatic rings. The van der Waals surface area contributed by atoms with Crippen LogP contribution >= 0.6 is 0 Å². The molecule has 7 nitrogen and oxygen atoms in total. The lowest BCUT2D eigenvalue weighted by Gasteiger charge is -2.40. The van der Waals surface area contributed by atoms with E-state index in [-0.39, 0.29) is 28.7 Å². The summed E-state index contributed by atoms with van der Waals surface area (Å²) in [7, 11) is 0. The molecule has 0 aliphatic carbocycles. The number of rotatable bonds is 5. The Morgan fingerprint density at radius 3 is 1.94 bits per heavy atom. The fraction of sp³-hybridized carbons (Fsp3) is 0.435. The number of alkyl halides is 6. The molecule has 36 heavy (non-hydrogen) atoms. The molecule has 3 unspecified atom stereocenters. The second kappa shape index (κ2) is 9.97. The molecule has 0 spiro atoms. The van der Waals surface area contributed by atoms with Crippen molar-refractivity contribution in [3.05, 3.63) is 70.3 Å². The van der Waals surface area contributed by atoms with Crippen molar-refractivity contribution in [1.82, 2.24) is 0 Å². The van der Waals surface area contributed by atoms with Gasteiger partial charge in [-0.15, -0.1) is 0 Å². The number of aliphatic hydroxyl groups is 5. The maximum atomic E-state index is 13.1. The van der Waals surface area contributed by atoms with E-state index < -0.39 is 60.6 Å². The summed E-state index contributed by atoms with van der Waals surface area (Å²) in [5.41, 5.74) is -5.69. The molecule has 2 aromatic carbocycles. The Kier molecular flexibility index (Phi) is 7.71.